The number of hydrogen-bond acceptors (Lipinski definition) is 5. The molecule has 0 spiro atoms. The molecule has 1 amide bonds. The summed E-state index contributed by atoms with van der Waals surface area (Å²) < 4.78 is 19.7. The lowest BCUT2D eigenvalue weighted by Gasteiger charge is -2.12. The van der Waals surface area contributed by atoms with Gasteiger partial charge in [0.15, 0.2) is 0 Å². The highest BCUT2D eigenvalue weighted by Gasteiger charge is 2.28. The van der Waals surface area contributed by atoms with E-state index in [1.54, 1.807) is 20.2 Å². The molecule has 1 aliphatic heterocycles. The van der Waals surface area contributed by atoms with Crippen molar-refractivity contribution in [1.82, 2.24) is 14.9 Å². The molecule has 0 unspecified atom stereocenters. The van der Waals surface area contributed by atoms with Crippen molar-refractivity contribution in [2.75, 3.05) is 20.6 Å². The molecule has 1 atom stereocenters. The fraction of sp³-hybridized carbons (Fsp3) is 0.312. The maximum absolute atomic E-state index is 14.0. The Labute approximate surface area is 133 Å². The van der Waals surface area contributed by atoms with Crippen molar-refractivity contribution in [2.24, 2.45) is 5.73 Å². The lowest BCUT2D eigenvalue weighted by atomic mass is 10.0. The van der Waals surface area contributed by atoms with Gasteiger partial charge in [-0.3, -0.25) is 9.78 Å². The van der Waals surface area contributed by atoms with Crippen LogP contribution in [-0.4, -0.2) is 47.5 Å². The molecule has 23 heavy (non-hydrogen) atoms. The zero-order chi connectivity index (χ0) is 16.6. The van der Waals surface area contributed by atoms with Crippen molar-refractivity contribution in [1.29, 1.82) is 0 Å². The van der Waals surface area contributed by atoms with Gasteiger partial charge in [-0.2, -0.15) is 0 Å². The van der Waals surface area contributed by atoms with Crippen molar-refractivity contribution >= 4 is 5.91 Å². The van der Waals surface area contributed by atoms with Gasteiger partial charge in [-0.15, -0.1) is 0 Å². The third-order valence-corrected chi connectivity index (χ3v) is 3.72. The summed E-state index contributed by atoms with van der Waals surface area (Å²) in [4.78, 5) is 21.9. The maximum Gasteiger partial charge on any atom is 0.273 e. The second-order valence-electron chi connectivity index (χ2n) is 5.57. The molecule has 0 saturated carbocycles. The number of halogens is 1. The van der Waals surface area contributed by atoms with Crippen molar-refractivity contribution in [3.05, 3.63) is 41.6 Å². The highest BCUT2D eigenvalue weighted by molar-refractivity contribution is 5.92. The largest absolute Gasteiger partial charge is 0.488 e. The van der Waals surface area contributed by atoms with Crippen LogP contribution in [0.15, 0.2) is 24.5 Å². The molecule has 1 aromatic carbocycles. The Kier molecular flexibility index (Phi) is 3.96. The Hall–Kier alpha value is -2.54. The van der Waals surface area contributed by atoms with Crippen LogP contribution in [-0.2, 0) is 6.42 Å². The predicted octanol–water partition coefficient (Wildman–Crippen LogP) is 1.25. The molecule has 2 N–H and O–H groups in total. The average Bonchev–Trinajstić information content (AvgIpc) is 2.99. The fourth-order valence-corrected chi connectivity index (χ4v) is 2.53. The highest BCUT2D eigenvalue weighted by Crippen LogP contribution is 2.39. The SMILES string of the molecule is CN(C)C(=O)c1cncc(-c2ccc(F)c3c2O[C@H](CN)C3)n1. The van der Waals surface area contributed by atoms with E-state index in [9.17, 15) is 9.18 Å². The van der Waals surface area contributed by atoms with Gasteiger partial charge in [-0.05, 0) is 12.1 Å². The molecule has 0 radical (unpaired) electrons. The van der Waals surface area contributed by atoms with Gasteiger partial charge in [0, 0.05) is 38.2 Å². The quantitative estimate of drug-likeness (QED) is 0.921. The highest BCUT2D eigenvalue weighted by atomic mass is 19.1. The number of benzene rings is 1. The Balaban J connectivity index is 2.06. The molecule has 0 aliphatic carbocycles. The second-order valence-corrected chi connectivity index (χ2v) is 5.57. The van der Waals surface area contributed by atoms with E-state index in [0.29, 0.717) is 35.5 Å². The van der Waals surface area contributed by atoms with Gasteiger partial charge in [0.2, 0.25) is 0 Å². The number of fused-ring (bicyclic) bond motifs is 1. The zero-order valence-electron chi connectivity index (χ0n) is 12.9. The van der Waals surface area contributed by atoms with Gasteiger partial charge in [-0.25, -0.2) is 9.37 Å². The van der Waals surface area contributed by atoms with Crippen LogP contribution >= 0.6 is 0 Å². The van der Waals surface area contributed by atoms with E-state index in [1.807, 2.05) is 0 Å². The van der Waals surface area contributed by atoms with E-state index >= 15 is 0 Å². The molecule has 2 aromatic rings. The first-order valence-corrected chi connectivity index (χ1v) is 7.23. The zero-order valence-corrected chi connectivity index (χ0v) is 12.9. The van der Waals surface area contributed by atoms with E-state index in [0.717, 1.165) is 0 Å². The van der Waals surface area contributed by atoms with Crippen molar-refractivity contribution in [3.63, 3.8) is 0 Å². The number of carbonyl (C=O) groups is 1. The smallest absolute Gasteiger partial charge is 0.273 e. The van der Waals surface area contributed by atoms with Gasteiger partial charge in [0.1, 0.15) is 23.4 Å². The van der Waals surface area contributed by atoms with Gasteiger partial charge in [0.25, 0.3) is 5.91 Å². The molecule has 1 aliphatic rings. The van der Waals surface area contributed by atoms with E-state index in [-0.39, 0.29) is 23.5 Å². The second kappa shape index (κ2) is 5.92. The molecule has 120 valence electrons. The molecular formula is C16H17FN4O2. The van der Waals surface area contributed by atoms with E-state index < -0.39 is 0 Å². The number of hydrogen-bond donors (Lipinski definition) is 1. The van der Waals surface area contributed by atoms with Crippen LogP contribution < -0.4 is 10.5 Å². The monoisotopic (exact) mass is 316 g/mol. The molecule has 3 rings (SSSR count). The number of amides is 1. The minimum atomic E-state index is -0.326. The van der Waals surface area contributed by atoms with E-state index in [2.05, 4.69) is 9.97 Å². The van der Waals surface area contributed by atoms with Crippen LogP contribution in [0.2, 0.25) is 0 Å². The van der Waals surface area contributed by atoms with E-state index in [4.69, 9.17) is 10.5 Å². The number of rotatable bonds is 3. The summed E-state index contributed by atoms with van der Waals surface area (Å²) >= 11 is 0. The number of aromatic nitrogens is 2. The van der Waals surface area contributed by atoms with Crippen molar-refractivity contribution < 1.29 is 13.9 Å². The van der Waals surface area contributed by atoms with Crippen LogP contribution in [0.3, 0.4) is 0 Å². The third-order valence-electron chi connectivity index (χ3n) is 3.72. The average molecular weight is 316 g/mol. The molecule has 7 heteroatoms. The summed E-state index contributed by atoms with van der Waals surface area (Å²) in [5.41, 5.74) is 7.41. The normalized spacial score (nSPS) is 15.9. The van der Waals surface area contributed by atoms with Crippen molar-refractivity contribution in [3.8, 4) is 17.0 Å². The number of ether oxygens (including phenoxy) is 1. The van der Waals surface area contributed by atoms with Crippen LogP contribution in [0.5, 0.6) is 5.75 Å². The van der Waals surface area contributed by atoms with Gasteiger partial charge < -0.3 is 15.4 Å². The fourth-order valence-electron chi connectivity index (χ4n) is 2.53. The molecular weight excluding hydrogens is 299 g/mol. The Bertz CT molecular complexity index is 764. The van der Waals surface area contributed by atoms with Gasteiger partial charge >= 0.3 is 0 Å². The molecule has 0 fully saturated rings. The molecule has 0 saturated heterocycles. The van der Waals surface area contributed by atoms with Crippen LogP contribution in [0.1, 0.15) is 16.1 Å². The Morgan fingerprint density at radius 1 is 1.43 bits per heavy atom. The van der Waals surface area contributed by atoms with Crippen molar-refractivity contribution in [2.45, 2.75) is 12.5 Å². The Morgan fingerprint density at radius 2 is 2.22 bits per heavy atom. The molecule has 0 bridgehead atoms. The Morgan fingerprint density at radius 3 is 2.91 bits per heavy atom. The maximum atomic E-state index is 14.0. The molecule has 1 aromatic heterocycles. The van der Waals surface area contributed by atoms with Gasteiger partial charge in [-0.1, -0.05) is 0 Å². The third kappa shape index (κ3) is 2.75. The topological polar surface area (TPSA) is 81.3 Å². The summed E-state index contributed by atoms with van der Waals surface area (Å²) in [5, 5.41) is 0. The number of carbonyl (C=O) groups excluding carboxylic acids is 1. The van der Waals surface area contributed by atoms with Crippen LogP contribution in [0.4, 0.5) is 4.39 Å². The number of nitrogens with zero attached hydrogens (tertiary/aromatic N) is 3. The lowest BCUT2D eigenvalue weighted by Crippen LogP contribution is -2.24. The van der Waals surface area contributed by atoms with Crippen LogP contribution in [0, 0.1) is 5.82 Å². The van der Waals surface area contributed by atoms with Crippen LogP contribution in [0.25, 0.3) is 11.3 Å². The van der Waals surface area contributed by atoms with Gasteiger partial charge in [0.05, 0.1) is 18.1 Å². The minimum absolute atomic E-state index is 0.221. The first-order valence-electron chi connectivity index (χ1n) is 7.23. The number of nitrogens with two attached hydrogens (primary N) is 1. The summed E-state index contributed by atoms with van der Waals surface area (Å²) in [7, 11) is 3.28. The summed E-state index contributed by atoms with van der Waals surface area (Å²) in [6.07, 6.45) is 3.10. The molecule has 2 heterocycles. The first-order chi connectivity index (χ1) is 11.0. The predicted molar refractivity (Wildman–Crippen MR) is 82.6 cm³/mol. The minimum Gasteiger partial charge on any atom is -0.488 e. The summed E-state index contributed by atoms with van der Waals surface area (Å²) in [5.74, 6) is -0.142. The summed E-state index contributed by atoms with van der Waals surface area (Å²) in [6, 6.07) is 2.96. The lowest BCUT2D eigenvalue weighted by molar-refractivity contribution is 0.0821. The first kappa shape index (κ1) is 15.4. The summed E-state index contributed by atoms with van der Waals surface area (Å²) in [6.45, 7) is 0.304. The molecule has 6 nitrogen and oxygen atoms in total. The van der Waals surface area contributed by atoms with E-state index in [1.165, 1.54) is 23.4 Å². The standard InChI is InChI=1S/C16H17FN4O2/c1-21(2)16(22)14-8-19-7-13(20-14)10-3-4-12(17)11-5-9(6-18)23-15(10)11/h3-4,7-9H,5-6,18H2,1-2H3/t9-/m0/s1.